The van der Waals surface area contributed by atoms with E-state index in [4.69, 9.17) is 29.0 Å². The van der Waals surface area contributed by atoms with Gasteiger partial charge in [-0.2, -0.15) is 9.61 Å². The van der Waals surface area contributed by atoms with Crippen LogP contribution in [0.1, 0.15) is 71.2 Å². The second-order valence-electron chi connectivity index (χ2n) is 14.2. The summed E-state index contributed by atoms with van der Waals surface area (Å²) in [6, 6.07) is 11.1. The van der Waals surface area contributed by atoms with Gasteiger partial charge in [-0.25, -0.2) is 18.6 Å². The minimum absolute atomic E-state index is 0.0973. The van der Waals surface area contributed by atoms with Gasteiger partial charge in [0, 0.05) is 49.0 Å². The monoisotopic (exact) mass is 702 g/mol. The van der Waals surface area contributed by atoms with Gasteiger partial charge in [-0.3, -0.25) is 0 Å². The quantitative estimate of drug-likeness (QED) is 0.101. The van der Waals surface area contributed by atoms with Crippen LogP contribution in [-0.2, 0) is 19.0 Å². The molecule has 0 bridgehead atoms. The minimum atomic E-state index is -1.08. The van der Waals surface area contributed by atoms with Crippen molar-refractivity contribution in [2.45, 2.75) is 84.2 Å². The van der Waals surface area contributed by atoms with Crippen LogP contribution >= 0.6 is 0 Å². The summed E-state index contributed by atoms with van der Waals surface area (Å²) in [5.41, 5.74) is 2.56. The van der Waals surface area contributed by atoms with Crippen LogP contribution in [0.15, 0.2) is 67.8 Å². The summed E-state index contributed by atoms with van der Waals surface area (Å²) < 4.78 is 55.3. The van der Waals surface area contributed by atoms with Gasteiger partial charge in [0.2, 0.25) is 0 Å². The Morgan fingerprint density at radius 1 is 1.08 bits per heavy atom. The number of anilines is 1. The van der Waals surface area contributed by atoms with Crippen molar-refractivity contribution in [3.05, 3.63) is 90.7 Å². The number of hydrogen-bond donors (Lipinski definition) is 0. The Hall–Kier alpha value is -4.61. The van der Waals surface area contributed by atoms with E-state index in [0.29, 0.717) is 65.7 Å². The Morgan fingerprint density at radius 2 is 1.78 bits per heavy atom. The van der Waals surface area contributed by atoms with E-state index >= 15 is 4.39 Å². The Morgan fingerprint density at radius 3 is 2.43 bits per heavy atom. The Kier molecular flexibility index (Phi) is 11.3. The Balaban J connectivity index is 1.66. The van der Waals surface area contributed by atoms with Gasteiger partial charge >= 0.3 is 5.97 Å². The summed E-state index contributed by atoms with van der Waals surface area (Å²) >= 11 is 0. The van der Waals surface area contributed by atoms with Crippen LogP contribution in [0, 0.1) is 18.6 Å². The lowest BCUT2D eigenvalue weighted by molar-refractivity contribution is -0.164. The molecule has 1 aliphatic rings. The maximum Gasteiger partial charge on any atom is 0.339 e. The third-order valence-corrected chi connectivity index (χ3v) is 8.92. The van der Waals surface area contributed by atoms with Crippen LogP contribution in [-0.4, -0.2) is 64.7 Å². The number of piperidine rings is 1. The first-order valence-electron chi connectivity index (χ1n) is 17.2. The van der Waals surface area contributed by atoms with Gasteiger partial charge in [-0.05, 0) is 66.0 Å². The average molecular weight is 703 g/mol. The van der Waals surface area contributed by atoms with Crippen molar-refractivity contribution in [2.75, 3.05) is 31.7 Å². The minimum Gasteiger partial charge on any atom is -0.490 e. The molecule has 3 heterocycles. The van der Waals surface area contributed by atoms with E-state index in [0.717, 1.165) is 18.9 Å². The van der Waals surface area contributed by atoms with Crippen LogP contribution in [0.5, 0.6) is 5.75 Å². The molecule has 11 heteroatoms. The molecule has 2 aromatic carbocycles. The maximum atomic E-state index is 15.5. The fourth-order valence-corrected chi connectivity index (χ4v) is 6.41. The van der Waals surface area contributed by atoms with Crippen molar-refractivity contribution in [1.29, 1.82) is 0 Å². The molecule has 2 atom stereocenters. The summed E-state index contributed by atoms with van der Waals surface area (Å²) in [4.78, 5) is 20.5. The molecular formula is C40H48F2N4O5. The zero-order valence-corrected chi connectivity index (χ0v) is 30.6. The second kappa shape index (κ2) is 15.3. The maximum absolute atomic E-state index is 15.5. The molecule has 2 aromatic heterocycles. The molecule has 4 aromatic rings. The SMILES string of the molecule is C=CCOC1(C)CCN(c2c([C@H](OC(C)(C)C)C(=O)OC)c(C)nc3cc(-c4cccc(-c5c(F)cc(F)cc5O[C@@H](C)CC=C)c4)nn23)CC1. The van der Waals surface area contributed by atoms with Crippen LogP contribution in [0.2, 0.25) is 0 Å². The number of carbonyl (C=O) groups excluding carboxylic acids is 1. The fraction of sp³-hybridized carbons (Fsp3) is 0.425. The number of benzene rings is 2. The summed E-state index contributed by atoms with van der Waals surface area (Å²) in [5.74, 6) is -1.26. The van der Waals surface area contributed by atoms with Crippen molar-refractivity contribution in [1.82, 2.24) is 14.6 Å². The van der Waals surface area contributed by atoms with Gasteiger partial charge in [0.25, 0.3) is 0 Å². The number of nitrogens with zero attached hydrogens (tertiary/aromatic N) is 4. The number of esters is 1. The normalized spacial score (nSPS) is 15.7. The molecule has 51 heavy (non-hydrogen) atoms. The molecular weight excluding hydrogens is 654 g/mol. The number of carbonyl (C=O) groups is 1. The smallest absolute Gasteiger partial charge is 0.339 e. The second-order valence-corrected chi connectivity index (χ2v) is 14.2. The van der Waals surface area contributed by atoms with Gasteiger partial charge in [0.1, 0.15) is 23.2 Å². The lowest BCUT2D eigenvalue weighted by Crippen LogP contribution is -2.45. The van der Waals surface area contributed by atoms with E-state index in [-0.39, 0.29) is 23.0 Å². The van der Waals surface area contributed by atoms with Crippen molar-refractivity contribution in [3.8, 4) is 28.1 Å². The highest BCUT2D eigenvalue weighted by Gasteiger charge is 2.38. The number of aryl methyl sites for hydroxylation is 1. The first-order valence-corrected chi connectivity index (χ1v) is 17.2. The lowest BCUT2D eigenvalue weighted by Gasteiger charge is -2.41. The topological polar surface area (TPSA) is 87.4 Å². The van der Waals surface area contributed by atoms with E-state index in [1.165, 1.54) is 13.2 Å². The van der Waals surface area contributed by atoms with Crippen molar-refractivity contribution in [2.24, 2.45) is 0 Å². The van der Waals surface area contributed by atoms with Crippen molar-refractivity contribution < 1.29 is 32.5 Å². The average Bonchev–Trinajstić information content (AvgIpc) is 3.49. The van der Waals surface area contributed by atoms with Crippen molar-refractivity contribution in [3.63, 3.8) is 0 Å². The molecule has 5 rings (SSSR count). The predicted molar refractivity (Wildman–Crippen MR) is 195 cm³/mol. The number of rotatable bonds is 13. The first kappa shape index (κ1) is 37.6. The van der Waals surface area contributed by atoms with Crippen LogP contribution < -0.4 is 9.64 Å². The van der Waals surface area contributed by atoms with Gasteiger partial charge in [-0.1, -0.05) is 30.4 Å². The molecule has 1 aliphatic heterocycles. The van der Waals surface area contributed by atoms with E-state index in [1.807, 2.05) is 46.8 Å². The van der Waals surface area contributed by atoms with Crippen molar-refractivity contribution >= 4 is 17.4 Å². The molecule has 1 saturated heterocycles. The van der Waals surface area contributed by atoms with E-state index in [2.05, 4.69) is 25.0 Å². The van der Waals surface area contributed by atoms with E-state index in [9.17, 15) is 9.18 Å². The Labute approximate surface area is 298 Å². The van der Waals surface area contributed by atoms with Crippen LogP contribution in [0.25, 0.3) is 28.0 Å². The number of hydrogen-bond acceptors (Lipinski definition) is 8. The molecule has 0 unspecified atom stereocenters. The fourth-order valence-electron chi connectivity index (χ4n) is 6.41. The predicted octanol–water partition coefficient (Wildman–Crippen LogP) is 8.58. The number of aromatic nitrogens is 3. The summed E-state index contributed by atoms with van der Waals surface area (Å²) in [7, 11) is 1.34. The van der Waals surface area contributed by atoms with Gasteiger partial charge in [-0.15, -0.1) is 13.2 Å². The molecule has 0 spiro atoms. The number of fused-ring (bicyclic) bond motifs is 1. The molecule has 0 radical (unpaired) electrons. The lowest BCUT2D eigenvalue weighted by atomic mass is 9.92. The van der Waals surface area contributed by atoms with E-state index < -0.39 is 29.3 Å². The number of ether oxygens (including phenoxy) is 4. The van der Waals surface area contributed by atoms with Crippen LogP contribution in [0.4, 0.5) is 14.6 Å². The standard InChI is InChI=1S/C40H48F2N4O5/c1-10-13-25(3)50-32-23-29(41)22-30(42)35(32)28-15-12-14-27(21-28)31-24-33-43-26(4)34(36(38(47)48-9)51-39(5,6)7)37(46(33)44-31)45-18-16-40(8,17-19-45)49-20-11-2/h10-12,14-15,21-25,36H,1-2,13,16-20H2,3-9H3/t25-,36-/m0/s1. The third kappa shape index (κ3) is 8.48. The highest BCUT2D eigenvalue weighted by molar-refractivity contribution is 5.81. The molecule has 272 valence electrons. The summed E-state index contributed by atoms with van der Waals surface area (Å²) in [5, 5.41) is 5.04. The third-order valence-electron chi connectivity index (χ3n) is 8.92. The highest BCUT2D eigenvalue weighted by atomic mass is 19.1. The number of halogens is 2. The molecule has 0 amide bonds. The van der Waals surface area contributed by atoms with Gasteiger partial charge in [0.15, 0.2) is 11.8 Å². The summed E-state index contributed by atoms with van der Waals surface area (Å²) in [6.45, 7) is 20.6. The van der Waals surface area contributed by atoms with Gasteiger partial charge < -0.3 is 23.8 Å². The zero-order chi connectivity index (χ0) is 37.1. The molecule has 0 saturated carbocycles. The molecule has 0 N–H and O–H groups in total. The summed E-state index contributed by atoms with van der Waals surface area (Å²) in [6.07, 6.45) is 3.98. The largest absolute Gasteiger partial charge is 0.490 e. The number of methoxy groups -OCH3 is 1. The van der Waals surface area contributed by atoms with Crippen LogP contribution in [0.3, 0.4) is 0 Å². The Bertz CT molecular complexity index is 1910. The zero-order valence-electron chi connectivity index (χ0n) is 30.6. The highest BCUT2D eigenvalue weighted by Crippen LogP contribution is 2.40. The molecule has 1 fully saturated rings. The molecule has 0 aliphatic carbocycles. The molecule has 9 nitrogen and oxygen atoms in total. The van der Waals surface area contributed by atoms with Gasteiger partial charge in [0.05, 0.1) is 47.8 Å². The van der Waals surface area contributed by atoms with E-state index in [1.54, 1.807) is 34.9 Å². The first-order chi connectivity index (χ1) is 24.2.